The molecule has 5 rings (SSSR count). The first-order chi connectivity index (χ1) is 20.2. The van der Waals surface area contributed by atoms with Crippen molar-refractivity contribution in [2.75, 3.05) is 37.2 Å². The van der Waals surface area contributed by atoms with Gasteiger partial charge in [-0.3, -0.25) is 14.5 Å². The Morgan fingerprint density at radius 1 is 1.14 bits per heavy atom. The standard InChI is InChI=1S/C28H24BCl2FN6O4/c29-41-13-9-22(24-19(30)7-8-20(32)25(24)31)42-23-14-21(35-36-26(23)33)27(39)34-17-5-3-16(4-6-17)28(40)38-12-11-37-10-1-2-18(37)15-38/h3-8,14,18,22H,1-2,10-12,15H2,(H2,33,36)(H,34,39)/t18?,22-/m1/s1. The molecule has 2 saturated heterocycles. The van der Waals surface area contributed by atoms with Gasteiger partial charge in [-0.15, -0.1) is 10.2 Å². The van der Waals surface area contributed by atoms with E-state index in [4.69, 9.17) is 41.7 Å². The van der Waals surface area contributed by atoms with Crippen LogP contribution in [0.25, 0.3) is 0 Å². The third-order valence-electron chi connectivity index (χ3n) is 7.12. The maximum Gasteiger partial charge on any atom is 0.392 e. The Bertz CT molecular complexity index is 1570. The number of nitrogen functional groups attached to an aromatic ring is 1. The minimum Gasteiger partial charge on any atom is -0.527 e. The number of benzene rings is 2. The zero-order valence-electron chi connectivity index (χ0n) is 22.1. The lowest BCUT2D eigenvalue weighted by Crippen LogP contribution is -2.52. The minimum atomic E-state index is -1.30. The predicted octanol–water partition coefficient (Wildman–Crippen LogP) is 3.86. The number of nitrogens with one attached hydrogen (secondary N) is 1. The fourth-order valence-corrected chi connectivity index (χ4v) is 5.57. The number of nitrogens with zero attached hydrogens (tertiary/aromatic N) is 4. The SMILES string of the molecule is [B]OC#C[C@@H](Oc1cc(C(=O)Nc2ccc(C(=O)N3CCN4CCCC4C3)cc2)nnc1N)c1c(Cl)ccc(F)c1Cl. The second-order valence-electron chi connectivity index (χ2n) is 9.71. The first-order valence-electron chi connectivity index (χ1n) is 13.0. The molecule has 2 amide bonds. The number of nitrogens with two attached hydrogens (primary N) is 1. The fourth-order valence-electron chi connectivity index (χ4n) is 5.00. The molecule has 42 heavy (non-hydrogen) atoms. The van der Waals surface area contributed by atoms with E-state index in [9.17, 15) is 14.0 Å². The van der Waals surface area contributed by atoms with E-state index >= 15 is 0 Å². The van der Waals surface area contributed by atoms with Crippen molar-refractivity contribution < 1.29 is 23.4 Å². The molecule has 2 fully saturated rings. The van der Waals surface area contributed by atoms with Crippen LogP contribution in [0.15, 0.2) is 42.5 Å². The summed E-state index contributed by atoms with van der Waals surface area (Å²) in [6.45, 7) is 3.40. The van der Waals surface area contributed by atoms with Crippen molar-refractivity contribution in [2.24, 2.45) is 0 Å². The number of fused-ring (bicyclic) bond motifs is 1. The Morgan fingerprint density at radius 2 is 1.93 bits per heavy atom. The molecule has 3 aromatic rings. The molecular weight excluding hydrogens is 585 g/mol. The molecule has 0 aliphatic carbocycles. The molecule has 3 N–H and O–H groups in total. The van der Waals surface area contributed by atoms with Crippen LogP contribution < -0.4 is 15.8 Å². The normalized spacial score (nSPS) is 17.0. The van der Waals surface area contributed by atoms with Gasteiger partial charge in [-0.1, -0.05) is 23.2 Å². The highest BCUT2D eigenvalue weighted by atomic mass is 35.5. The van der Waals surface area contributed by atoms with Crippen LogP contribution in [-0.2, 0) is 4.65 Å². The van der Waals surface area contributed by atoms with E-state index in [0.717, 1.165) is 32.1 Å². The lowest BCUT2D eigenvalue weighted by molar-refractivity contribution is 0.0571. The van der Waals surface area contributed by atoms with Crippen LogP contribution in [0, 0.1) is 17.8 Å². The van der Waals surface area contributed by atoms with Crippen LogP contribution in [0.5, 0.6) is 5.75 Å². The van der Waals surface area contributed by atoms with E-state index in [2.05, 4.69) is 37.1 Å². The van der Waals surface area contributed by atoms with Gasteiger partial charge in [0, 0.05) is 48.6 Å². The molecular formula is C28H24BCl2FN6O4. The largest absolute Gasteiger partial charge is 0.527 e. The minimum absolute atomic E-state index is 0.00939. The van der Waals surface area contributed by atoms with Gasteiger partial charge in [0.25, 0.3) is 11.8 Å². The Hall–Kier alpha value is -4.05. The van der Waals surface area contributed by atoms with Gasteiger partial charge in [-0.05, 0) is 61.7 Å². The van der Waals surface area contributed by atoms with Gasteiger partial charge < -0.3 is 25.3 Å². The summed E-state index contributed by atoms with van der Waals surface area (Å²) >= 11 is 12.3. The monoisotopic (exact) mass is 608 g/mol. The number of hydrogen-bond donors (Lipinski definition) is 2. The zero-order chi connectivity index (χ0) is 29.8. The molecule has 14 heteroatoms. The van der Waals surface area contributed by atoms with Crippen LogP contribution in [0.3, 0.4) is 0 Å². The van der Waals surface area contributed by atoms with Gasteiger partial charge in [0.05, 0.1) is 16.2 Å². The van der Waals surface area contributed by atoms with E-state index in [0.29, 0.717) is 23.8 Å². The third-order valence-corrected chi connectivity index (χ3v) is 7.83. The highest BCUT2D eigenvalue weighted by molar-refractivity contribution is 6.36. The first-order valence-corrected chi connectivity index (χ1v) is 13.7. The van der Waals surface area contributed by atoms with Crippen LogP contribution >= 0.6 is 23.2 Å². The summed E-state index contributed by atoms with van der Waals surface area (Å²) in [5.41, 5.74) is 6.73. The van der Waals surface area contributed by atoms with Crippen LogP contribution in [0.1, 0.15) is 45.4 Å². The van der Waals surface area contributed by atoms with Crippen molar-refractivity contribution in [2.45, 2.75) is 25.0 Å². The quantitative estimate of drug-likeness (QED) is 0.246. The maximum atomic E-state index is 14.2. The van der Waals surface area contributed by atoms with E-state index in [1.807, 2.05) is 4.90 Å². The number of halogens is 3. The van der Waals surface area contributed by atoms with Crippen molar-refractivity contribution in [3.8, 4) is 17.8 Å². The van der Waals surface area contributed by atoms with Crippen molar-refractivity contribution in [3.05, 3.63) is 75.1 Å². The molecule has 2 aliphatic rings. The molecule has 1 unspecified atom stereocenters. The molecule has 214 valence electrons. The van der Waals surface area contributed by atoms with Crippen molar-refractivity contribution in [3.63, 3.8) is 0 Å². The Labute approximate surface area is 252 Å². The average molecular weight is 609 g/mol. The van der Waals surface area contributed by atoms with E-state index in [1.165, 1.54) is 18.6 Å². The van der Waals surface area contributed by atoms with Crippen LogP contribution in [0.4, 0.5) is 15.9 Å². The molecule has 0 saturated carbocycles. The molecule has 0 bridgehead atoms. The molecule has 1 aromatic heterocycles. The summed E-state index contributed by atoms with van der Waals surface area (Å²) in [5.74, 6) is 0.801. The number of aromatic nitrogens is 2. The smallest absolute Gasteiger partial charge is 0.392 e. The van der Waals surface area contributed by atoms with Crippen molar-refractivity contribution in [1.29, 1.82) is 0 Å². The number of hydrogen-bond acceptors (Lipinski definition) is 8. The molecule has 10 nitrogen and oxygen atoms in total. The second kappa shape index (κ2) is 12.9. The van der Waals surface area contributed by atoms with Crippen LogP contribution in [0.2, 0.25) is 10.0 Å². The number of carbonyl (C=O) groups excluding carboxylic acids is 2. The van der Waals surface area contributed by atoms with Gasteiger partial charge in [-0.2, -0.15) is 0 Å². The van der Waals surface area contributed by atoms with Gasteiger partial charge >= 0.3 is 8.05 Å². The summed E-state index contributed by atoms with van der Waals surface area (Å²) in [7, 11) is 5.01. The third kappa shape index (κ3) is 6.38. The lowest BCUT2D eigenvalue weighted by atomic mass is 10.1. The molecule has 0 spiro atoms. The Balaban J connectivity index is 1.29. The topological polar surface area (TPSA) is 123 Å². The van der Waals surface area contributed by atoms with E-state index in [-0.39, 0.29) is 38.8 Å². The number of amides is 2. The predicted molar refractivity (Wildman–Crippen MR) is 156 cm³/mol. The molecule has 2 aromatic carbocycles. The van der Waals surface area contributed by atoms with Crippen molar-refractivity contribution in [1.82, 2.24) is 20.0 Å². The number of rotatable bonds is 6. The average Bonchev–Trinajstić information content (AvgIpc) is 3.47. The van der Waals surface area contributed by atoms with Gasteiger partial charge in [0.2, 0.25) is 0 Å². The fraction of sp³-hybridized carbons (Fsp3) is 0.286. The number of piperazine rings is 1. The summed E-state index contributed by atoms with van der Waals surface area (Å²) in [5, 5.41) is 10.0. The zero-order valence-corrected chi connectivity index (χ0v) is 23.7. The lowest BCUT2D eigenvalue weighted by Gasteiger charge is -2.37. The summed E-state index contributed by atoms with van der Waals surface area (Å²) in [6, 6.07) is 10.6. The highest BCUT2D eigenvalue weighted by Crippen LogP contribution is 2.36. The molecule has 2 atom stereocenters. The van der Waals surface area contributed by atoms with Gasteiger partial charge in [0.15, 0.2) is 23.4 Å². The second-order valence-corrected chi connectivity index (χ2v) is 10.5. The number of carbonyl (C=O) groups is 2. The molecule has 3 heterocycles. The van der Waals surface area contributed by atoms with E-state index < -0.39 is 17.8 Å². The van der Waals surface area contributed by atoms with Gasteiger partial charge in [0.1, 0.15) is 5.82 Å². The van der Waals surface area contributed by atoms with Crippen LogP contribution in [-0.4, -0.2) is 72.1 Å². The Kier molecular flexibility index (Phi) is 9.02. The molecule has 2 radical (unpaired) electrons. The van der Waals surface area contributed by atoms with Crippen molar-refractivity contribution >= 4 is 54.6 Å². The summed E-state index contributed by atoms with van der Waals surface area (Å²) < 4.78 is 24.3. The Morgan fingerprint density at radius 3 is 2.69 bits per heavy atom. The summed E-state index contributed by atoms with van der Waals surface area (Å²) in [4.78, 5) is 30.3. The number of anilines is 2. The van der Waals surface area contributed by atoms with Gasteiger partial charge in [-0.25, -0.2) is 4.39 Å². The number of ether oxygens (including phenoxy) is 1. The van der Waals surface area contributed by atoms with E-state index in [1.54, 1.807) is 24.3 Å². The first kappa shape index (κ1) is 29.4. The summed E-state index contributed by atoms with van der Waals surface area (Å²) in [6.07, 6.45) is 3.13. The highest BCUT2D eigenvalue weighted by Gasteiger charge is 2.32. The maximum absolute atomic E-state index is 14.2. The molecule has 2 aliphatic heterocycles.